The molecule has 0 bridgehead atoms. The van der Waals surface area contributed by atoms with Crippen LogP contribution < -0.4 is 10.6 Å². The van der Waals surface area contributed by atoms with Gasteiger partial charge in [-0.05, 0) is 26.8 Å². The Hall–Kier alpha value is -1.82. The molecule has 0 saturated carbocycles. The van der Waals surface area contributed by atoms with E-state index in [9.17, 15) is 4.79 Å². The number of esters is 1. The minimum absolute atomic E-state index is 0.178. The van der Waals surface area contributed by atoms with Crippen LogP contribution in [0.5, 0.6) is 0 Å². The van der Waals surface area contributed by atoms with Crippen LogP contribution >= 0.6 is 0 Å². The molecule has 2 rings (SSSR count). The van der Waals surface area contributed by atoms with Crippen molar-refractivity contribution >= 4 is 17.5 Å². The number of hydrogen-bond acceptors (Lipinski definition) is 6. The second-order valence-corrected chi connectivity index (χ2v) is 6.27. The van der Waals surface area contributed by atoms with Crippen molar-refractivity contribution in [3.05, 3.63) is 17.8 Å². The molecule has 2 heterocycles. The van der Waals surface area contributed by atoms with Crippen molar-refractivity contribution in [3.8, 4) is 0 Å². The molecule has 1 saturated heterocycles. The SMILES string of the molecule is COC(=O)c1cc(N2CCN(C(C)(C)C)CC2)ncc1N. The lowest BCUT2D eigenvalue weighted by Gasteiger charge is -2.42. The van der Waals surface area contributed by atoms with Gasteiger partial charge in [-0.25, -0.2) is 9.78 Å². The van der Waals surface area contributed by atoms with Crippen LogP contribution in [0, 0.1) is 0 Å². The number of rotatable bonds is 2. The minimum Gasteiger partial charge on any atom is -0.465 e. The van der Waals surface area contributed by atoms with Gasteiger partial charge >= 0.3 is 5.97 Å². The van der Waals surface area contributed by atoms with Crippen LogP contribution in [0.15, 0.2) is 12.3 Å². The zero-order chi connectivity index (χ0) is 15.6. The lowest BCUT2D eigenvalue weighted by atomic mass is 10.0. The topological polar surface area (TPSA) is 71.7 Å². The Morgan fingerprint density at radius 1 is 1.29 bits per heavy atom. The number of anilines is 2. The summed E-state index contributed by atoms with van der Waals surface area (Å²) in [6.45, 7) is 10.4. The van der Waals surface area contributed by atoms with E-state index >= 15 is 0 Å². The lowest BCUT2D eigenvalue weighted by Crippen LogP contribution is -2.53. The molecule has 21 heavy (non-hydrogen) atoms. The molecule has 0 atom stereocenters. The Morgan fingerprint density at radius 3 is 2.43 bits per heavy atom. The second-order valence-electron chi connectivity index (χ2n) is 6.27. The van der Waals surface area contributed by atoms with Gasteiger partial charge in [-0.15, -0.1) is 0 Å². The Morgan fingerprint density at radius 2 is 1.90 bits per heavy atom. The molecule has 116 valence electrons. The van der Waals surface area contributed by atoms with Crippen molar-refractivity contribution < 1.29 is 9.53 Å². The van der Waals surface area contributed by atoms with Gasteiger partial charge in [0, 0.05) is 31.7 Å². The first-order valence-corrected chi connectivity index (χ1v) is 7.17. The van der Waals surface area contributed by atoms with E-state index in [1.54, 1.807) is 6.07 Å². The van der Waals surface area contributed by atoms with Crippen LogP contribution in [0.2, 0.25) is 0 Å². The fourth-order valence-corrected chi connectivity index (χ4v) is 2.52. The smallest absolute Gasteiger partial charge is 0.340 e. The average Bonchev–Trinajstić information content (AvgIpc) is 2.46. The van der Waals surface area contributed by atoms with Gasteiger partial charge in [-0.1, -0.05) is 0 Å². The molecular weight excluding hydrogens is 268 g/mol. The molecule has 0 aliphatic carbocycles. The molecule has 0 spiro atoms. The predicted molar refractivity (Wildman–Crippen MR) is 83.5 cm³/mol. The zero-order valence-corrected chi connectivity index (χ0v) is 13.2. The number of nitrogens with two attached hydrogens (primary N) is 1. The molecule has 2 N–H and O–H groups in total. The molecule has 0 amide bonds. The number of hydrogen-bond donors (Lipinski definition) is 1. The number of nitrogens with zero attached hydrogens (tertiary/aromatic N) is 3. The number of pyridine rings is 1. The summed E-state index contributed by atoms with van der Waals surface area (Å²) < 4.78 is 4.75. The number of carbonyl (C=O) groups is 1. The molecule has 1 aromatic rings. The Labute approximate surface area is 125 Å². The van der Waals surface area contributed by atoms with E-state index in [-0.39, 0.29) is 5.54 Å². The molecule has 1 aliphatic rings. The predicted octanol–water partition coefficient (Wildman–Crippen LogP) is 1.37. The third-order valence-corrected chi connectivity index (χ3v) is 3.88. The summed E-state index contributed by atoms with van der Waals surface area (Å²) in [4.78, 5) is 20.7. The average molecular weight is 292 g/mol. The summed E-state index contributed by atoms with van der Waals surface area (Å²) in [6.07, 6.45) is 1.53. The molecular formula is C15H24N4O2. The number of methoxy groups -OCH3 is 1. The molecule has 0 aromatic carbocycles. The highest BCUT2D eigenvalue weighted by molar-refractivity contribution is 5.95. The molecule has 6 heteroatoms. The van der Waals surface area contributed by atoms with Crippen LogP contribution in [0.25, 0.3) is 0 Å². The van der Waals surface area contributed by atoms with Gasteiger partial charge in [-0.3, -0.25) is 4.90 Å². The maximum atomic E-state index is 11.7. The van der Waals surface area contributed by atoms with Crippen molar-refractivity contribution in [2.24, 2.45) is 0 Å². The highest BCUT2D eigenvalue weighted by Crippen LogP contribution is 2.22. The molecule has 0 radical (unpaired) electrons. The van der Waals surface area contributed by atoms with Gasteiger partial charge in [0.2, 0.25) is 0 Å². The summed E-state index contributed by atoms with van der Waals surface area (Å²) in [6, 6.07) is 1.72. The summed E-state index contributed by atoms with van der Waals surface area (Å²) in [5.74, 6) is 0.350. The molecule has 1 aromatic heterocycles. The van der Waals surface area contributed by atoms with Crippen LogP contribution in [-0.4, -0.2) is 54.7 Å². The standard InChI is InChI=1S/C15H24N4O2/c1-15(2,3)19-7-5-18(6-8-19)13-9-11(14(20)21-4)12(16)10-17-13/h9-10H,5-8,16H2,1-4H3. The van der Waals surface area contributed by atoms with Crippen LogP contribution in [0.4, 0.5) is 11.5 Å². The van der Waals surface area contributed by atoms with Gasteiger partial charge in [0.05, 0.1) is 24.6 Å². The summed E-state index contributed by atoms with van der Waals surface area (Å²) in [5.41, 5.74) is 6.68. The van der Waals surface area contributed by atoms with E-state index in [0.29, 0.717) is 11.3 Å². The number of ether oxygens (including phenoxy) is 1. The largest absolute Gasteiger partial charge is 0.465 e. The van der Waals surface area contributed by atoms with Crippen molar-refractivity contribution in [3.63, 3.8) is 0 Å². The first kappa shape index (κ1) is 15.6. The Bertz CT molecular complexity index is 517. The van der Waals surface area contributed by atoms with E-state index < -0.39 is 5.97 Å². The maximum absolute atomic E-state index is 11.7. The number of nitrogen functional groups attached to an aromatic ring is 1. The first-order valence-electron chi connectivity index (χ1n) is 7.17. The minimum atomic E-state index is -0.426. The quantitative estimate of drug-likeness (QED) is 0.830. The molecule has 0 unspecified atom stereocenters. The lowest BCUT2D eigenvalue weighted by molar-refractivity contribution is 0.0602. The highest BCUT2D eigenvalue weighted by Gasteiger charge is 2.26. The monoisotopic (exact) mass is 292 g/mol. The van der Waals surface area contributed by atoms with Crippen molar-refractivity contribution in [2.45, 2.75) is 26.3 Å². The normalized spacial score (nSPS) is 16.9. The van der Waals surface area contributed by atoms with Crippen LogP contribution in [-0.2, 0) is 4.74 Å². The fraction of sp³-hybridized carbons (Fsp3) is 0.600. The second kappa shape index (κ2) is 5.89. The summed E-state index contributed by atoms with van der Waals surface area (Å²) in [5, 5.41) is 0. The summed E-state index contributed by atoms with van der Waals surface area (Å²) >= 11 is 0. The van der Waals surface area contributed by atoms with Crippen molar-refractivity contribution in [2.75, 3.05) is 43.9 Å². The zero-order valence-electron chi connectivity index (χ0n) is 13.2. The maximum Gasteiger partial charge on any atom is 0.340 e. The van der Waals surface area contributed by atoms with E-state index in [1.165, 1.54) is 13.3 Å². The van der Waals surface area contributed by atoms with E-state index in [1.807, 2.05) is 0 Å². The van der Waals surface area contributed by atoms with Crippen LogP contribution in [0.1, 0.15) is 31.1 Å². The summed E-state index contributed by atoms with van der Waals surface area (Å²) in [7, 11) is 1.35. The Balaban J connectivity index is 2.12. The van der Waals surface area contributed by atoms with Gasteiger partial charge in [0.15, 0.2) is 0 Å². The van der Waals surface area contributed by atoms with Crippen molar-refractivity contribution in [1.82, 2.24) is 9.88 Å². The first-order chi connectivity index (χ1) is 9.82. The van der Waals surface area contributed by atoms with Gasteiger partial charge < -0.3 is 15.4 Å². The van der Waals surface area contributed by atoms with Gasteiger partial charge in [0.1, 0.15) is 5.82 Å². The third-order valence-electron chi connectivity index (χ3n) is 3.88. The highest BCUT2D eigenvalue weighted by atomic mass is 16.5. The molecule has 1 aliphatic heterocycles. The van der Waals surface area contributed by atoms with E-state index in [4.69, 9.17) is 10.5 Å². The van der Waals surface area contributed by atoms with Gasteiger partial charge in [0.25, 0.3) is 0 Å². The Kier molecular flexibility index (Phi) is 4.37. The fourth-order valence-electron chi connectivity index (χ4n) is 2.52. The van der Waals surface area contributed by atoms with Gasteiger partial charge in [-0.2, -0.15) is 0 Å². The van der Waals surface area contributed by atoms with E-state index in [0.717, 1.165) is 32.0 Å². The van der Waals surface area contributed by atoms with Crippen molar-refractivity contribution in [1.29, 1.82) is 0 Å². The molecule has 6 nitrogen and oxygen atoms in total. The molecule has 1 fully saturated rings. The number of aromatic nitrogens is 1. The van der Waals surface area contributed by atoms with Crippen LogP contribution in [0.3, 0.4) is 0 Å². The van der Waals surface area contributed by atoms with E-state index in [2.05, 4.69) is 35.6 Å². The number of carbonyl (C=O) groups excluding carboxylic acids is 1. The third kappa shape index (κ3) is 3.44. The number of piperazine rings is 1.